The molecule has 0 amide bonds. The maximum Gasteiger partial charge on any atom is 0.193 e. The Morgan fingerprint density at radius 3 is 2.84 bits per heavy atom. The third-order valence-corrected chi connectivity index (χ3v) is 5.82. The molecule has 0 radical (unpaired) electrons. The molecule has 0 aromatic carbocycles. The second-order valence-electron chi connectivity index (χ2n) is 7.59. The number of pyridine rings is 1. The molecule has 1 N–H and O–H groups in total. The molecule has 4 heterocycles. The average Bonchev–Trinajstić information content (AvgIpc) is 3.40. The molecule has 4 rings (SSSR count). The molecule has 25 heavy (non-hydrogen) atoms. The molecule has 136 valence electrons. The van der Waals surface area contributed by atoms with Crippen LogP contribution in [0.2, 0.25) is 0 Å². The predicted molar refractivity (Wildman–Crippen MR) is 99.9 cm³/mol. The van der Waals surface area contributed by atoms with Gasteiger partial charge in [0.2, 0.25) is 0 Å². The molecule has 3 aliphatic rings. The summed E-state index contributed by atoms with van der Waals surface area (Å²) in [4.78, 5) is 13.9. The van der Waals surface area contributed by atoms with Crippen molar-refractivity contribution in [2.24, 2.45) is 10.4 Å². The second-order valence-corrected chi connectivity index (χ2v) is 7.59. The number of hydrogen-bond acceptors (Lipinski definition) is 4. The Bertz CT molecular complexity index is 603. The van der Waals surface area contributed by atoms with Crippen molar-refractivity contribution in [1.29, 1.82) is 0 Å². The summed E-state index contributed by atoms with van der Waals surface area (Å²) in [5.41, 5.74) is 1.55. The number of nitrogens with zero attached hydrogens (tertiary/aromatic N) is 4. The Hall–Kier alpha value is -1.82. The number of rotatable bonds is 3. The summed E-state index contributed by atoms with van der Waals surface area (Å²) in [5, 5.41) is 3.50. The van der Waals surface area contributed by atoms with E-state index in [0.717, 1.165) is 57.7 Å². The van der Waals surface area contributed by atoms with E-state index in [0.29, 0.717) is 5.41 Å². The SMILES string of the molecule is CN=C(NCc1ccc(N2CCCC2)nc1)N1CCC2(CCOC2)C1. The standard InChI is InChI=1S/C19H29N5O/c1-20-18(24-10-6-19(14-24)7-11-25-15-19)22-13-16-4-5-17(21-12-16)23-8-2-3-9-23/h4-5,12H,2-3,6-11,13-15H2,1H3,(H,20,22). The van der Waals surface area contributed by atoms with Crippen LogP contribution in [0.5, 0.6) is 0 Å². The number of ether oxygens (including phenoxy) is 1. The van der Waals surface area contributed by atoms with E-state index < -0.39 is 0 Å². The summed E-state index contributed by atoms with van der Waals surface area (Å²) >= 11 is 0. The summed E-state index contributed by atoms with van der Waals surface area (Å²) in [5.74, 6) is 2.10. The minimum absolute atomic E-state index is 0.358. The molecular weight excluding hydrogens is 314 g/mol. The van der Waals surface area contributed by atoms with Crippen LogP contribution in [0.3, 0.4) is 0 Å². The number of aliphatic imine (C=N–C) groups is 1. The molecule has 6 nitrogen and oxygen atoms in total. The first-order valence-electron chi connectivity index (χ1n) is 9.51. The lowest BCUT2D eigenvalue weighted by molar-refractivity contribution is 0.156. The molecule has 0 saturated carbocycles. The quantitative estimate of drug-likeness (QED) is 0.671. The Morgan fingerprint density at radius 1 is 1.28 bits per heavy atom. The summed E-state index contributed by atoms with van der Waals surface area (Å²) < 4.78 is 5.63. The van der Waals surface area contributed by atoms with Gasteiger partial charge in [-0.3, -0.25) is 4.99 Å². The third-order valence-electron chi connectivity index (χ3n) is 5.82. The normalized spacial score (nSPS) is 26.8. The maximum absolute atomic E-state index is 5.63. The Kier molecular flexibility index (Phi) is 4.79. The number of guanidine groups is 1. The number of aromatic nitrogens is 1. The third kappa shape index (κ3) is 3.59. The Labute approximate surface area is 150 Å². The van der Waals surface area contributed by atoms with Gasteiger partial charge in [-0.05, 0) is 37.3 Å². The van der Waals surface area contributed by atoms with Crippen LogP contribution in [0, 0.1) is 5.41 Å². The van der Waals surface area contributed by atoms with Crippen molar-refractivity contribution in [2.75, 3.05) is 51.3 Å². The second kappa shape index (κ2) is 7.20. The van der Waals surface area contributed by atoms with Gasteiger partial charge in [0.15, 0.2) is 5.96 Å². The maximum atomic E-state index is 5.63. The first-order chi connectivity index (χ1) is 12.3. The Balaban J connectivity index is 1.32. The average molecular weight is 343 g/mol. The first kappa shape index (κ1) is 16.6. The van der Waals surface area contributed by atoms with Crippen LogP contribution in [-0.2, 0) is 11.3 Å². The number of anilines is 1. The highest BCUT2D eigenvalue weighted by Crippen LogP contribution is 2.38. The van der Waals surface area contributed by atoms with Crippen molar-refractivity contribution in [3.8, 4) is 0 Å². The van der Waals surface area contributed by atoms with Crippen LogP contribution in [0.25, 0.3) is 0 Å². The summed E-state index contributed by atoms with van der Waals surface area (Å²) in [6.07, 6.45) is 6.94. The monoisotopic (exact) mass is 343 g/mol. The smallest absolute Gasteiger partial charge is 0.193 e. The summed E-state index contributed by atoms with van der Waals surface area (Å²) in [6, 6.07) is 4.32. The lowest BCUT2D eigenvalue weighted by atomic mass is 9.87. The number of likely N-dealkylation sites (tertiary alicyclic amines) is 1. The fraction of sp³-hybridized carbons (Fsp3) is 0.684. The zero-order chi connectivity index (χ0) is 17.1. The highest BCUT2D eigenvalue weighted by molar-refractivity contribution is 5.80. The van der Waals surface area contributed by atoms with Crippen molar-refractivity contribution >= 4 is 11.8 Å². The topological polar surface area (TPSA) is 53.0 Å². The van der Waals surface area contributed by atoms with Crippen LogP contribution >= 0.6 is 0 Å². The van der Waals surface area contributed by atoms with E-state index in [-0.39, 0.29) is 0 Å². The molecule has 3 aliphatic heterocycles. The fourth-order valence-electron chi connectivity index (χ4n) is 4.26. The van der Waals surface area contributed by atoms with E-state index in [1.165, 1.54) is 31.2 Å². The molecular formula is C19H29N5O. The van der Waals surface area contributed by atoms with Crippen LogP contribution in [0.4, 0.5) is 5.82 Å². The predicted octanol–water partition coefficient (Wildman–Crippen LogP) is 1.87. The molecule has 1 aromatic rings. The van der Waals surface area contributed by atoms with Crippen LogP contribution in [0.15, 0.2) is 23.3 Å². The van der Waals surface area contributed by atoms with Gasteiger partial charge in [-0.2, -0.15) is 0 Å². The van der Waals surface area contributed by atoms with E-state index in [4.69, 9.17) is 4.74 Å². The van der Waals surface area contributed by atoms with Gasteiger partial charge in [-0.15, -0.1) is 0 Å². The molecule has 3 fully saturated rings. The van der Waals surface area contributed by atoms with Gasteiger partial charge in [0.25, 0.3) is 0 Å². The van der Waals surface area contributed by atoms with E-state index in [9.17, 15) is 0 Å². The van der Waals surface area contributed by atoms with Crippen molar-refractivity contribution in [3.05, 3.63) is 23.9 Å². The van der Waals surface area contributed by atoms with Gasteiger partial charge in [0.05, 0.1) is 6.61 Å². The number of nitrogens with one attached hydrogen (secondary N) is 1. The van der Waals surface area contributed by atoms with Gasteiger partial charge >= 0.3 is 0 Å². The van der Waals surface area contributed by atoms with E-state index in [2.05, 4.69) is 37.2 Å². The minimum atomic E-state index is 0.358. The van der Waals surface area contributed by atoms with Crippen molar-refractivity contribution in [1.82, 2.24) is 15.2 Å². The van der Waals surface area contributed by atoms with Gasteiger partial charge in [-0.25, -0.2) is 4.98 Å². The van der Waals surface area contributed by atoms with E-state index >= 15 is 0 Å². The summed E-state index contributed by atoms with van der Waals surface area (Å²) in [7, 11) is 1.87. The number of hydrogen-bond donors (Lipinski definition) is 1. The highest BCUT2D eigenvalue weighted by atomic mass is 16.5. The van der Waals surface area contributed by atoms with E-state index in [1.807, 2.05) is 13.2 Å². The molecule has 6 heteroatoms. The molecule has 1 unspecified atom stereocenters. The zero-order valence-corrected chi connectivity index (χ0v) is 15.2. The van der Waals surface area contributed by atoms with Crippen molar-refractivity contribution in [2.45, 2.75) is 32.2 Å². The molecule has 0 aliphatic carbocycles. The molecule has 3 saturated heterocycles. The van der Waals surface area contributed by atoms with Crippen molar-refractivity contribution < 1.29 is 4.74 Å². The van der Waals surface area contributed by atoms with Gasteiger partial charge in [-0.1, -0.05) is 6.07 Å². The Morgan fingerprint density at radius 2 is 2.16 bits per heavy atom. The molecule has 0 bridgehead atoms. The van der Waals surface area contributed by atoms with Gasteiger partial charge in [0, 0.05) is 58.0 Å². The van der Waals surface area contributed by atoms with Crippen LogP contribution in [0.1, 0.15) is 31.2 Å². The first-order valence-corrected chi connectivity index (χ1v) is 9.51. The molecule has 1 spiro atoms. The van der Waals surface area contributed by atoms with Crippen molar-refractivity contribution in [3.63, 3.8) is 0 Å². The van der Waals surface area contributed by atoms with E-state index in [1.54, 1.807) is 0 Å². The van der Waals surface area contributed by atoms with Crippen LogP contribution in [-0.4, -0.2) is 62.3 Å². The highest BCUT2D eigenvalue weighted by Gasteiger charge is 2.42. The molecule has 1 aromatic heterocycles. The fourth-order valence-corrected chi connectivity index (χ4v) is 4.26. The zero-order valence-electron chi connectivity index (χ0n) is 15.2. The lowest BCUT2D eigenvalue weighted by Gasteiger charge is -2.25. The minimum Gasteiger partial charge on any atom is -0.381 e. The van der Waals surface area contributed by atoms with Crippen LogP contribution < -0.4 is 10.2 Å². The summed E-state index contributed by atoms with van der Waals surface area (Å²) in [6.45, 7) is 6.97. The van der Waals surface area contributed by atoms with Gasteiger partial charge < -0.3 is 19.9 Å². The largest absolute Gasteiger partial charge is 0.381 e. The lowest BCUT2D eigenvalue weighted by Crippen LogP contribution is -2.41. The van der Waals surface area contributed by atoms with Gasteiger partial charge in [0.1, 0.15) is 5.82 Å². The molecule has 1 atom stereocenters.